The van der Waals surface area contributed by atoms with Crippen molar-refractivity contribution in [3.8, 4) is 11.5 Å². The molecule has 0 radical (unpaired) electrons. The summed E-state index contributed by atoms with van der Waals surface area (Å²) in [5.74, 6) is 0.725. The maximum absolute atomic E-state index is 12.3. The second-order valence-corrected chi connectivity index (χ2v) is 8.77. The van der Waals surface area contributed by atoms with E-state index in [4.69, 9.17) is 21.1 Å². The first kappa shape index (κ1) is 24.0. The molecule has 3 aromatic carbocycles. The molecule has 0 aromatic heterocycles. The fourth-order valence-corrected chi connectivity index (χ4v) is 3.95. The zero-order valence-electron chi connectivity index (χ0n) is 18.5. The van der Waals surface area contributed by atoms with Crippen LogP contribution >= 0.6 is 27.5 Å². The third-order valence-corrected chi connectivity index (χ3v) is 6.18. The van der Waals surface area contributed by atoms with E-state index >= 15 is 0 Å². The summed E-state index contributed by atoms with van der Waals surface area (Å²) in [5.41, 5.74) is 6.13. The molecular formula is C25H26BrClN2O3. The van der Waals surface area contributed by atoms with Crippen LogP contribution in [0.25, 0.3) is 0 Å². The molecule has 32 heavy (non-hydrogen) atoms. The number of methoxy groups -OCH3 is 1. The Morgan fingerprint density at radius 2 is 1.84 bits per heavy atom. The van der Waals surface area contributed by atoms with Crippen LogP contribution in [0.15, 0.2) is 53.0 Å². The van der Waals surface area contributed by atoms with Crippen molar-refractivity contribution in [1.82, 2.24) is 0 Å². The largest absolute Gasteiger partial charge is 0.493 e. The third-order valence-electron chi connectivity index (χ3n) is 5.18. The van der Waals surface area contributed by atoms with E-state index in [9.17, 15) is 4.79 Å². The SMILES string of the molecule is COc1cc(CNc2cccc(C)c2C)cc(Br)c1OCC(=O)Nc1ccc(C)c(Cl)c1. The molecule has 0 aliphatic rings. The second-order valence-electron chi connectivity index (χ2n) is 7.51. The zero-order chi connectivity index (χ0) is 23.3. The molecule has 0 spiro atoms. The van der Waals surface area contributed by atoms with Gasteiger partial charge in [-0.3, -0.25) is 4.79 Å². The van der Waals surface area contributed by atoms with Crippen molar-refractivity contribution in [3.63, 3.8) is 0 Å². The van der Waals surface area contributed by atoms with Crippen molar-refractivity contribution in [2.75, 3.05) is 24.4 Å². The number of carbonyl (C=O) groups excluding carboxylic acids is 1. The quantitative estimate of drug-likeness (QED) is 0.350. The Bertz CT molecular complexity index is 1130. The fourth-order valence-electron chi connectivity index (χ4n) is 3.16. The lowest BCUT2D eigenvalue weighted by atomic mass is 10.1. The van der Waals surface area contributed by atoms with Crippen molar-refractivity contribution in [1.29, 1.82) is 0 Å². The van der Waals surface area contributed by atoms with E-state index in [1.807, 2.05) is 31.2 Å². The van der Waals surface area contributed by atoms with Crippen LogP contribution < -0.4 is 20.1 Å². The highest BCUT2D eigenvalue weighted by molar-refractivity contribution is 9.10. The Labute approximate surface area is 202 Å². The van der Waals surface area contributed by atoms with E-state index < -0.39 is 0 Å². The molecule has 0 atom stereocenters. The van der Waals surface area contributed by atoms with Crippen LogP contribution in [0.5, 0.6) is 11.5 Å². The van der Waals surface area contributed by atoms with Gasteiger partial charge in [0.25, 0.3) is 5.91 Å². The summed E-state index contributed by atoms with van der Waals surface area (Å²) in [6.07, 6.45) is 0. The lowest BCUT2D eigenvalue weighted by Gasteiger charge is -2.16. The first-order valence-electron chi connectivity index (χ1n) is 10.1. The molecule has 3 rings (SSSR count). The van der Waals surface area contributed by atoms with Gasteiger partial charge in [-0.2, -0.15) is 0 Å². The molecule has 0 unspecified atom stereocenters. The minimum atomic E-state index is -0.292. The number of rotatable bonds is 8. The van der Waals surface area contributed by atoms with Gasteiger partial charge >= 0.3 is 0 Å². The summed E-state index contributed by atoms with van der Waals surface area (Å²) < 4.78 is 12.0. The number of benzene rings is 3. The maximum Gasteiger partial charge on any atom is 0.262 e. The highest BCUT2D eigenvalue weighted by Crippen LogP contribution is 2.37. The summed E-state index contributed by atoms with van der Waals surface area (Å²) in [6.45, 7) is 6.55. The van der Waals surface area contributed by atoms with Crippen LogP contribution in [-0.4, -0.2) is 19.6 Å². The zero-order valence-corrected chi connectivity index (χ0v) is 20.9. The van der Waals surface area contributed by atoms with Gasteiger partial charge in [0.05, 0.1) is 11.6 Å². The van der Waals surface area contributed by atoms with Gasteiger partial charge in [0.15, 0.2) is 18.1 Å². The molecule has 0 bridgehead atoms. The minimum Gasteiger partial charge on any atom is -0.493 e. The van der Waals surface area contributed by atoms with Crippen molar-refractivity contribution in [2.24, 2.45) is 0 Å². The fraction of sp³-hybridized carbons (Fsp3) is 0.240. The molecule has 0 aliphatic heterocycles. The highest BCUT2D eigenvalue weighted by Gasteiger charge is 2.14. The van der Waals surface area contributed by atoms with Gasteiger partial charge < -0.3 is 20.1 Å². The molecule has 168 valence electrons. The van der Waals surface area contributed by atoms with Crippen LogP contribution in [0.1, 0.15) is 22.3 Å². The Balaban J connectivity index is 1.66. The van der Waals surface area contributed by atoms with E-state index in [1.165, 1.54) is 11.1 Å². The smallest absolute Gasteiger partial charge is 0.262 e. The Hall–Kier alpha value is -2.70. The van der Waals surface area contributed by atoms with E-state index in [2.05, 4.69) is 52.5 Å². The van der Waals surface area contributed by atoms with Crippen molar-refractivity contribution in [3.05, 3.63) is 80.3 Å². The normalized spacial score (nSPS) is 10.6. The number of carbonyl (C=O) groups is 1. The van der Waals surface area contributed by atoms with E-state index in [0.717, 1.165) is 16.8 Å². The number of anilines is 2. The molecule has 1 amide bonds. The molecule has 7 heteroatoms. The third kappa shape index (κ3) is 5.96. The summed E-state index contributed by atoms with van der Waals surface area (Å²) >= 11 is 9.66. The molecule has 0 heterocycles. The van der Waals surface area contributed by atoms with Crippen LogP contribution in [0, 0.1) is 20.8 Å². The average molecular weight is 518 g/mol. The van der Waals surface area contributed by atoms with Crippen molar-refractivity contribution >= 4 is 44.8 Å². The average Bonchev–Trinajstić information content (AvgIpc) is 2.76. The van der Waals surface area contributed by atoms with Crippen LogP contribution in [-0.2, 0) is 11.3 Å². The maximum atomic E-state index is 12.3. The standard InChI is InChI=1S/C25H26BrClN2O3/c1-15-6-5-7-22(17(15)3)28-13-18-10-20(26)25(23(11-18)31-4)32-14-24(30)29-19-9-8-16(2)21(27)12-19/h5-12,28H,13-14H2,1-4H3,(H,29,30). The van der Waals surface area contributed by atoms with Crippen LogP contribution in [0.3, 0.4) is 0 Å². The van der Waals surface area contributed by atoms with Gasteiger partial charge in [0.1, 0.15) is 0 Å². The van der Waals surface area contributed by atoms with Gasteiger partial charge in [-0.15, -0.1) is 0 Å². The Morgan fingerprint density at radius 3 is 2.56 bits per heavy atom. The van der Waals surface area contributed by atoms with E-state index in [0.29, 0.717) is 33.2 Å². The predicted molar refractivity (Wildman–Crippen MR) is 134 cm³/mol. The molecule has 0 saturated carbocycles. The summed E-state index contributed by atoms with van der Waals surface area (Å²) in [7, 11) is 1.57. The first-order valence-corrected chi connectivity index (χ1v) is 11.3. The number of hydrogen-bond donors (Lipinski definition) is 2. The van der Waals surface area contributed by atoms with Gasteiger partial charge in [-0.25, -0.2) is 0 Å². The number of halogens is 2. The van der Waals surface area contributed by atoms with Crippen LogP contribution in [0.4, 0.5) is 11.4 Å². The summed E-state index contributed by atoms with van der Waals surface area (Å²) in [6, 6.07) is 15.4. The predicted octanol–water partition coefficient (Wildman–Crippen LogP) is 6.67. The number of nitrogens with one attached hydrogen (secondary N) is 2. The molecule has 2 N–H and O–H groups in total. The van der Waals surface area contributed by atoms with Gasteiger partial charge in [-0.05, 0) is 89.3 Å². The summed E-state index contributed by atoms with van der Waals surface area (Å²) in [5, 5.41) is 6.84. The van der Waals surface area contributed by atoms with Gasteiger partial charge in [-0.1, -0.05) is 29.8 Å². The lowest BCUT2D eigenvalue weighted by molar-refractivity contribution is -0.118. The summed E-state index contributed by atoms with van der Waals surface area (Å²) in [4.78, 5) is 12.3. The molecule has 0 fully saturated rings. The molecule has 0 saturated heterocycles. The number of aryl methyl sites for hydroxylation is 2. The molecule has 0 aliphatic carbocycles. The van der Waals surface area contributed by atoms with Crippen molar-refractivity contribution < 1.29 is 14.3 Å². The topological polar surface area (TPSA) is 59.6 Å². The first-order chi connectivity index (χ1) is 15.3. The highest BCUT2D eigenvalue weighted by atomic mass is 79.9. The minimum absolute atomic E-state index is 0.166. The van der Waals surface area contributed by atoms with Crippen molar-refractivity contribution in [2.45, 2.75) is 27.3 Å². The van der Waals surface area contributed by atoms with Crippen LogP contribution in [0.2, 0.25) is 5.02 Å². The lowest BCUT2D eigenvalue weighted by Crippen LogP contribution is -2.20. The van der Waals surface area contributed by atoms with Gasteiger partial charge in [0, 0.05) is 22.9 Å². The molecule has 3 aromatic rings. The second kappa shape index (κ2) is 10.7. The van der Waals surface area contributed by atoms with E-state index in [-0.39, 0.29) is 12.5 Å². The number of amides is 1. The number of hydrogen-bond acceptors (Lipinski definition) is 4. The Kier molecular flexibility index (Phi) is 8.04. The van der Waals surface area contributed by atoms with E-state index in [1.54, 1.807) is 19.2 Å². The monoisotopic (exact) mass is 516 g/mol. The number of ether oxygens (including phenoxy) is 2. The molecule has 5 nitrogen and oxygen atoms in total. The Morgan fingerprint density at radius 1 is 1.06 bits per heavy atom. The van der Waals surface area contributed by atoms with Gasteiger partial charge in [0.2, 0.25) is 0 Å². The molecular weight excluding hydrogens is 492 g/mol.